The molecule has 1 unspecified atom stereocenters. The van der Waals surface area contributed by atoms with E-state index in [1.807, 2.05) is 13.0 Å². The predicted molar refractivity (Wildman–Crippen MR) is 73.9 cm³/mol. The largest absolute Gasteiger partial charge is 0.327 e. The van der Waals surface area contributed by atoms with Crippen LogP contribution in [0.2, 0.25) is 0 Å². The van der Waals surface area contributed by atoms with Crippen LogP contribution in [0.4, 0.5) is 4.39 Å². The van der Waals surface area contributed by atoms with Crippen molar-refractivity contribution in [2.45, 2.75) is 44.6 Å². The Morgan fingerprint density at radius 3 is 2.65 bits per heavy atom. The zero-order chi connectivity index (χ0) is 12.8. The molecule has 0 saturated heterocycles. The Balaban J connectivity index is 2.84. The Hall–Kier alpha value is -0.540. The van der Waals surface area contributed by atoms with Gasteiger partial charge >= 0.3 is 0 Å². The number of hydrogen-bond acceptors (Lipinski definition) is 2. The molecule has 2 N–H and O–H groups in total. The molecule has 1 aromatic rings. The summed E-state index contributed by atoms with van der Waals surface area (Å²) >= 11 is 1.73. The molecule has 0 aliphatic heterocycles. The normalized spacial score (nSPS) is 13.1. The zero-order valence-corrected chi connectivity index (χ0v) is 11.7. The van der Waals surface area contributed by atoms with E-state index in [0.29, 0.717) is 12.3 Å². The number of halogens is 1. The molecule has 0 amide bonds. The number of benzene rings is 1. The molecule has 0 aliphatic rings. The highest BCUT2D eigenvalue weighted by Gasteiger charge is 2.12. The van der Waals surface area contributed by atoms with Crippen LogP contribution in [0, 0.1) is 11.7 Å². The Morgan fingerprint density at radius 2 is 2.06 bits per heavy atom. The minimum Gasteiger partial charge on any atom is -0.327 e. The van der Waals surface area contributed by atoms with Crippen LogP contribution in [0.1, 0.15) is 32.8 Å². The molecule has 0 heterocycles. The molecule has 0 radical (unpaired) electrons. The Bertz CT molecular complexity index is 352. The van der Waals surface area contributed by atoms with Gasteiger partial charge in [0.25, 0.3) is 0 Å². The molecule has 1 rings (SSSR count). The highest BCUT2D eigenvalue weighted by molar-refractivity contribution is 7.99. The van der Waals surface area contributed by atoms with Crippen molar-refractivity contribution in [1.29, 1.82) is 0 Å². The molecule has 0 saturated carbocycles. The third-order valence-electron chi connectivity index (χ3n) is 2.64. The summed E-state index contributed by atoms with van der Waals surface area (Å²) in [5, 5.41) is 0. The summed E-state index contributed by atoms with van der Waals surface area (Å²) in [5.41, 5.74) is 6.71. The summed E-state index contributed by atoms with van der Waals surface area (Å²) in [7, 11) is 0. The first-order chi connectivity index (χ1) is 8.04. The van der Waals surface area contributed by atoms with Gasteiger partial charge in [-0.2, -0.15) is 0 Å². The average molecular weight is 255 g/mol. The topological polar surface area (TPSA) is 26.0 Å². The van der Waals surface area contributed by atoms with E-state index in [4.69, 9.17) is 5.73 Å². The van der Waals surface area contributed by atoms with Gasteiger partial charge in [-0.15, -0.1) is 11.8 Å². The highest BCUT2D eigenvalue weighted by Crippen LogP contribution is 2.27. The molecule has 0 spiro atoms. The minimum atomic E-state index is -0.123. The molecule has 0 aliphatic carbocycles. The molecular weight excluding hydrogens is 233 g/mol. The van der Waals surface area contributed by atoms with E-state index < -0.39 is 0 Å². The number of thioether (sulfide) groups is 1. The molecule has 0 fully saturated rings. The summed E-state index contributed by atoms with van der Waals surface area (Å²) in [5.74, 6) is 1.50. The minimum absolute atomic E-state index is 0.0466. The zero-order valence-electron chi connectivity index (χ0n) is 10.9. The summed E-state index contributed by atoms with van der Waals surface area (Å²) in [4.78, 5) is 1.04. The first kappa shape index (κ1) is 14.5. The maximum Gasteiger partial charge on any atom is 0.127 e. The third kappa shape index (κ3) is 4.68. The first-order valence-corrected chi connectivity index (χ1v) is 7.18. The van der Waals surface area contributed by atoms with Gasteiger partial charge in [0.2, 0.25) is 0 Å². The molecule has 0 aromatic heterocycles. The average Bonchev–Trinajstić information content (AvgIpc) is 2.29. The van der Waals surface area contributed by atoms with Crippen molar-refractivity contribution in [1.82, 2.24) is 0 Å². The highest BCUT2D eigenvalue weighted by atomic mass is 32.2. The quantitative estimate of drug-likeness (QED) is 0.781. The molecule has 1 aromatic carbocycles. The number of hydrogen-bond donors (Lipinski definition) is 1. The van der Waals surface area contributed by atoms with E-state index in [2.05, 4.69) is 13.8 Å². The van der Waals surface area contributed by atoms with Gasteiger partial charge in [0.15, 0.2) is 0 Å². The van der Waals surface area contributed by atoms with Crippen LogP contribution < -0.4 is 5.73 Å². The van der Waals surface area contributed by atoms with Gasteiger partial charge in [0.05, 0.1) is 0 Å². The Labute approximate surface area is 108 Å². The van der Waals surface area contributed by atoms with Crippen molar-refractivity contribution in [2.24, 2.45) is 11.7 Å². The van der Waals surface area contributed by atoms with Crippen LogP contribution in [0.3, 0.4) is 0 Å². The van der Waals surface area contributed by atoms with Crippen molar-refractivity contribution in [3.63, 3.8) is 0 Å². The lowest BCUT2D eigenvalue weighted by molar-refractivity contribution is 0.571. The number of nitrogens with two attached hydrogens (primary N) is 1. The lowest BCUT2D eigenvalue weighted by atomic mass is 10.0. The fraction of sp³-hybridized carbons (Fsp3) is 0.571. The second-order valence-corrected chi connectivity index (χ2v) is 5.86. The molecule has 17 heavy (non-hydrogen) atoms. The van der Waals surface area contributed by atoms with Crippen molar-refractivity contribution < 1.29 is 4.39 Å². The maximum atomic E-state index is 13.8. The predicted octanol–water partition coefficient (Wildman–Crippen LogP) is 3.85. The van der Waals surface area contributed by atoms with Crippen LogP contribution in [-0.4, -0.2) is 11.8 Å². The van der Waals surface area contributed by atoms with Crippen molar-refractivity contribution in [2.75, 3.05) is 5.75 Å². The lowest BCUT2D eigenvalue weighted by Crippen LogP contribution is -2.22. The Kier molecular flexibility index (Phi) is 6.00. The molecule has 3 heteroatoms. The standard InChI is InChI=1S/C14H22FNS/c1-4-11(16)8-12-13(15)6-5-7-14(12)17-9-10(2)3/h5-7,10-11H,4,8-9,16H2,1-3H3. The van der Waals surface area contributed by atoms with Crippen molar-refractivity contribution in [3.05, 3.63) is 29.6 Å². The van der Waals surface area contributed by atoms with Gasteiger partial charge in [0.1, 0.15) is 5.82 Å². The summed E-state index contributed by atoms with van der Waals surface area (Å²) < 4.78 is 13.8. The van der Waals surface area contributed by atoms with Crippen LogP contribution in [-0.2, 0) is 6.42 Å². The fourth-order valence-electron chi connectivity index (χ4n) is 1.54. The molecule has 1 atom stereocenters. The van der Waals surface area contributed by atoms with Crippen LogP contribution in [0.5, 0.6) is 0 Å². The van der Waals surface area contributed by atoms with E-state index >= 15 is 0 Å². The van der Waals surface area contributed by atoms with E-state index in [9.17, 15) is 4.39 Å². The number of rotatable bonds is 6. The van der Waals surface area contributed by atoms with Gasteiger partial charge in [-0.1, -0.05) is 26.8 Å². The van der Waals surface area contributed by atoms with E-state index in [-0.39, 0.29) is 11.9 Å². The van der Waals surface area contributed by atoms with E-state index in [0.717, 1.165) is 22.6 Å². The fourth-order valence-corrected chi connectivity index (χ4v) is 2.58. The van der Waals surface area contributed by atoms with E-state index in [1.54, 1.807) is 17.8 Å². The monoisotopic (exact) mass is 255 g/mol. The van der Waals surface area contributed by atoms with Crippen LogP contribution >= 0.6 is 11.8 Å². The maximum absolute atomic E-state index is 13.8. The SMILES string of the molecule is CCC(N)Cc1c(F)cccc1SCC(C)C. The van der Waals surface area contributed by atoms with Gasteiger partial charge in [-0.25, -0.2) is 4.39 Å². The van der Waals surface area contributed by atoms with Crippen LogP contribution in [0.25, 0.3) is 0 Å². The second-order valence-electron chi connectivity index (χ2n) is 4.79. The van der Waals surface area contributed by atoms with Gasteiger partial charge in [-0.3, -0.25) is 0 Å². The molecule has 0 bridgehead atoms. The summed E-state index contributed by atoms with van der Waals surface area (Å²) in [6.07, 6.45) is 1.51. The summed E-state index contributed by atoms with van der Waals surface area (Å²) in [6, 6.07) is 5.34. The van der Waals surface area contributed by atoms with Gasteiger partial charge in [-0.05, 0) is 30.9 Å². The summed E-state index contributed by atoms with van der Waals surface area (Å²) in [6.45, 7) is 6.37. The van der Waals surface area contributed by atoms with E-state index in [1.165, 1.54) is 6.07 Å². The lowest BCUT2D eigenvalue weighted by Gasteiger charge is -2.14. The molecule has 1 nitrogen and oxygen atoms in total. The molecular formula is C14H22FNS. The van der Waals surface area contributed by atoms with Crippen molar-refractivity contribution in [3.8, 4) is 0 Å². The second kappa shape index (κ2) is 7.02. The van der Waals surface area contributed by atoms with Crippen LogP contribution in [0.15, 0.2) is 23.1 Å². The molecule has 96 valence electrons. The third-order valence-corrected chi connectivity index (χ3v) is 4.17. The smallest absolute Gasteiger partial charge is 0.127 e. The van der Waals surface area contributed by atoms with Gasteiger partial charge < -0.3 is 5.73 Å². The van der Waals surface area contributed by atoms with Gasteiger partial charge in [0, 0.05) is 22.3 Å². The van der Waals surface area contributed by atoms with Crippen molar-refractivity contribution >= 4 is 11.8 Å². The first-order valence-electron chi connectivity index (χ1n) is 6.20. The Morgan fingerprint density at radius 1 is 1.35 bits per heavy atom.